The van der Waals surface area contributed by atoms with E-state index in [2.05, 4.69) is 5.32 Å². The van der Waals surface area contributed by atoms with Gasteiger partial charge in [-0.2, -0.15) is 0 Å². The summed E-state index contributed by atoms with van der Waals surface area (Å²) in [5, 5.41) is 2.59. The van der Waals surface area contributed by atoms with Crippen LogP contribution >= 0.6 is 10.2 Å². The number of hydrogen-bond acceptors (Lipinski definition) is 1. The third-order valence-corrected chi connectivity index (χ3v) is 6.03. The Kier molecular flexibility index (Phi) is 3.32. The summed E-state index contributed by atoms with van der Waals surface area (Å²) >= 11 is 0. The van der Waals surface area contributed by atoms with E-state index in [1.165, 1.54) is 6.07 Å². The Labute approximate surface area is 131 Å². The van der Waals surface area contributed by atoms with E-state index < -0.39 is 15.1 Å². The van der Waals surface area contributed by atoms with Crippen molar-refractivity contribution in [2.75, 3.05) is 0 Å². The number of nitrogens with one attached hydrogen (secondary N) is 1. The molecule has 2 fully saturated rings. The average Bonchev–Trinajstić information content (AvgIpc) is 3.05. The number of rotatable bonds is 4. The van der Waals surface area contributed by atoms with Gasteiger partial charge in [-0.25, -0.2) is 0 Å². The average molecular weight is 355 g/mol. The van der Waals surface area contributed by atoms with E-state index >= 15 is 0 Å². The molecule has 0 aromatic heterocycles. The summed E-state index contributed by atoms with van der Waals surface area (Å²) in [5.74, 6) is 0.658. The van der Waals surface area contributed by atoms with Crippen molar-refractivity contribution < 1.29 is 24.2 Å². The first-order chi connectivity index (χ1) is 10.4. The van der Waals surface area contributed by atoms with Gasteiger partial charge < -0.3 is 5.32 Å². The molecule has 2 saturated carbocycles. The summed E-state index contributed by atoms with van der Waals surface area (Å²) in [7, 11) is -9.68. The molecule has 1 aromatic carbocycles. The summed E-state index contributed by atoms with van der Waals surface area (Å²) in [6.45, 7) is -0.172. The van der Waals surface area contributed by atoms with Gasteiger partial charge in [-0.15, -0.1) is 0 Å². The molecule has 0 heterocycles. The molecule has 2 nitrogen and oxygen atoms in total. The SMILES string of the molecule is O=C(NCc1cccc(S(F)(F)(F)(F)F)c1)[C@H]1C[C@@H]2CCC1C2. The Bertz CT molecular complexity index is 645. The molecule has 0 aliphatic heterocycles. The van der Waals surface area contributed by atoms with Gasteiger partial charge >= 0.3 is 10.2 Å². The van der Waals surface area contributed by atoms with Crippen LogP contribution in [0.15, 0.2) is 29.2 Å². The van der Waals surface area contributed by atoms with E-state index in [0.29, 0.717) is 24.0 Å². The fraction of sp³-hybridized carbons (Fsp3) is 0.533. The van der Waals surface area contributed by atoms with Gasteiger partial charge in [-0.05, 0) is 48.8 Å². The van der Waals surface area contributed by atoms with Crippen LogP contribution in [0.1, 0.15) is 31.2 Å². The number of fused-ring (bicyclic) bond motifs is 2. The van der Waals surface area contributed by atoms with Crippen molar-refractivity contribution in [1.82, 2.24) is 5.32 Å². The molecule has 3 atom stereocenters. The lowest BCUT2D eigenvalue weighted by Gasteiger charge is -2.40. The third kappa shape index (κ3) is 3.62. The Morgan fingerprint density at radius 1 is 1.13 bits per heavy atom. The van der Waals surface area contributed by atoms with Crippen molar-refractivity contribution >= 4 is 16.1 Å². The minimum absolute atomic E-state index is 0.0206. The Balaban J connectivity index is 1.66. The van der Waals surface area contributed by atoms with E-state index in [-0.39, 0.29) is 23.9 Å². The van der Waals surface area contributed by atoms with Gasteiger partial charge in [0.15, 0.2) is 0 Å². The first-order valence-electron chi connectivity index (χ1n) is 7.53. The molecule has 8 heteroatoms. The van der Waals surface area contributed by atoms with Crippen LogP contribution in [0.5, 0.6) is 0 Å². The molecule has 1 unspecified atom stereocenters. The van der Waals surface area contributed by atoms with Crippen LogP contribution in [0.2, 0.25) is 0 Å². The molecule has 2 bridgehead atoms. The van der Waals surface area contributed by atoms with Gasteiger partial charge in [0.1, 0.15) is 4.90 Å². The second kappa shape index (κ2) is 4.62. The standard InChI is InChI=1S/C15H18F5NOS/c16-23(17,18,19,20)13-3-1-2-11(7-13)9-21-15(22)14-8-10-4-5-12(14)6-10/h1-3,7,10,12,14H,4-6,8-9H2,(H,21,22)/t10-,12?,14+/m1/s1. The highest BCUT2D eigenvalue weighted by Crippen LogP contribution is 3.02. The minimum Gasteiger partial charge on any atom is -0.352 e. The van der Waals surface area contributed by atoms with Crippen LogP contribution in [0.25, 0.3) is 0 Å². The summed E-state index contributed by atoms with van der Waals surface area (Å²) in [6.07, 6.45) is 4.02. The Morgan fingerprint density at radius 3 is 2.43 bits per heavy atom. The first kappa shape index (κ1) is 16.5. The normalized spacial score (nSPS) is 29.9. The number of carbonyl (C=O) groups is 1. The lowest BCUT2D eigenvalue weighted by Crippen LogP contribution is -2.33. The van der Waals surface area contributed by atoms with Crippen LogP contribution < -0.4 is 5.32 Å². The highest BCUT2D eigenvalue weighted by Gasteiger charge is 2.65. The van der Waals surface area contributed by atoms with Crippen molar-refractivity contribution in [2.45, 2.75) is 37.1 Å². The Morgan fingerprint density at radius 2 is 1.87 bits per heavy atom. The van der Waals surface area contributed by atoms with E-state index in [4.69, 9.17) is 0 Å². The maximum Gasteiger partial charge on any atom is 0.310 e. The molecular formula is C15H18F5NOS. The molecule has 0 spiro atoms. The van der Waals surface area contributed by atoms with Gasteiger partial charge in [0.05, 0.1) is 0 Å². The summed E-state index contributed by atoms with van der Waals surface area (Å²) in [6, 6.07) is 3.02. The van der Waals surface area contributed by atoms with E-state index in [1.807, 2.05) is 0 Å². The number of hydrogen-bond donors (Lipinski definition) is 1. The maximum atomic E-state index is 12.8. The van der Waals surface area contributed by atoms with Crippen molar-refractivity contribution in [3.05, 3.63) is 29.8 Å². The molecule has 1 N–H and O–H groups in total. The quantitative estimate of drug-likeness (QED) is 0.720. The van der Waals surface area contributed by atoms with Crippen molar-refractivity contribution in [1.29, 1.82) is 0 Å². The zero-order valence-electron chi connectivity index (χ0n) is 12.3. The van der Waals surface area contributed by atoms with E-state index in [0.717, 1.165) is 31.7 Å². The van der Waals surface area contributed by atoms with Gasteiger partial charge in [-0.3, -0.25) is 4.79 Å². The molecule has 23 heavy (non-hydrogen) atoms. The second-order valence-electron chi connectivity index (χ2n) is 6.62. The summed E-state index contributed by atoms with van der Waals surface area (Å²) in [4.78, 5) is 10.2. The highest BCUT2D eigenvalue weighted by atomic mass is 32.5. The summed E-state index contributed by atoms with van der Waals surface area (Å²) in [5.41, 5.74) is 0.0206. The van der Waals surface area contributed by atoms with Gasteiger partial charge in [0, 0.05) is 12.5 Å². The molecule has 0 radical (unpaired) electrons. The van der Waals surface area contributed by atoms with Crippen LogP contribution in [0.3, 0.4) is 0 Å². The highest BCUT2D eigenvalue weighted by molar-refractivity contribution is 8.45. The van der Waals surface area contributed by atoms with Gasteiger partial charge in [0.2, 0.25) is 5.91 Å². The molecule has 2 aliphatic carbocycles. The largest absolute Gasteiger partial charge is 0.352 e. The Hall–Kier alpha value is -1.31. The molecule has 1 aromatic rings. The van der Waals surface area contributed by atoms with Crippen LogP contribution in [0.4, 0.5) is 19.4 Å². The summed E-state index contributed by atoms with van der Waals surface area (Å²) < 4.78 is 63.9. The molecular weight excluding hydrogens is 337 g/mol. The molecule has 1 amide bonds. The predicted octanol–water partition coefficient (Wildman–Crippen LogP) is 5.40. The minimum atomic E-state index is -9.68. The van der Waals surface area contributed by atoms with Crippen LogP contribution in [-0.2, 0) is 11.3 Å². The monoisotopic (exact) mass is 355 g/mol. The lowest BCUT2D eigenvalue weighted by atomic mass is 9.88. The fourth-order valence-corrected chi connectivity index (χ4v) is 4.49. The van der Waals surface area contributed by atoms with Crippen molar-refractivity contribution in [3.8, 4) is 0 Å². The third-order valence-electron chi connectivity index (χ3n) is 4.89. The van der Waals surface area contributed by atoms with Crippen molar-refractivity contribution in [2.24, 2.45) is 17.8 Å². The molecule has 3 rings (SSSR count). The topological polar surface area (TPSA) is 29.1 Å². The number of carbonyl (C=O) groups excluding carboxylic acids is 1. The predicted molar refractivity (Wildman–Crippen MR) is 78.6 cm³/mol. The number of amides is 1. The van der Waals surface area contributed by atoms with E-state index in [1.54, 1.807) is 0 Å². The van der Waals surface area contributed by atoms with Gasteiger partial charge in [-0.1, -0.05) is 38.0 Å². The molecule has 2 aliphatic rings. The van der Waals surface area contributed by atoms with Crippen LogP contribution in [0, 0.1) is 17.8 Å². The number of benzene rings is 1. The second-order valence-corrected chi connectivity index (χ2v) is 9.02. The first-order valence-corrected chi connectivity index (χ1v) is 9.48. The molecule has 0 saturated heterocycles. The lowest BCUT2D eigenvalue weighted by molar-refractivity contribution is -0.126. The molecule has 130 valence electrons. The van der Waals surface area contributed by atoms with Crippen molar-refractivity contribution in [3.63, 3.8) is 0 Å². The zero-order chi connectivity index (χ0) is 16.9. The number of halogens is 5. The zero-order valence-corrected chi connectivity index (χ0v) is 13.1. The smallest absolute Gasteiger partial charge is 0.310 e. The van der Waals surface area contributed by atoms with Crippen LogP contribution in [-0.4, -0.2) is 5.91 Å². The maximum absolute atomic E-state index is 12.8. The van der Waals surface area contributed by atoms with E-state index in [9.17, 15) is 24.2 Å². The van der Waals surface area contributed by atoms with Gasteiger partial charge in [0.25, 0.3) is 0 Å². The fourth-order valence-electron chi connectivity index (χ4n) is 3.78.